The Balaban J connectivity index is 2.34. The van der Waals surface area contributed by atoms with E-state index in [1.54, 1.807) is 40.6 Å². The number of benzene rings is 2. The van der Waals surface area contributed by atoms with Crippen molar-refractivity contribution in [1.82, 2.24) is 0 Å². The molecule has 27 heavy (non-hydrogen) atoms. The summed E-state index contributed by atoms with van der Waals surface area (Å²) in [5.74, 6) is 1.94. The molecule has 0 radical (unpaired) electrons. The van der Waals surface area contributed by atoms with E-state index in [0.29, 0.717) is 28.7 Å². The monoisotopic (exact) mass is 372 g/mol. The van der Waals surface area contributed by atoms with Gasteiger partial charge < -0.3 is 30.0 Å². The van der Waals surface area contributed by atoms with Crippen LogP contribution in [-0.2, 0) is 4.79 Å². The molecule has 0 heterocycles. The lowest BCUT2D eigenvalue weighted by molar-refractivity contribution is -0.114. The van der Waals surface area contributed by atoms with E-state index in [4.69, 9.17) is 24.7 Å². The Kier molecular flexibility index (Phi) is 7.08. The Labute approximate surface area is 158 Å². The molecule has 0 fully saturated rings. The maximum absolute atomic E-state index is 11.6. The third-order valence-corrected chi connectivity index (χ3v) is 3.84. The summed E-state index contributed by atoms with van der Waals surface area (Å²) >= 11 is 0. The third-order valence-electron chi connectivity index (χ3n) is 3.84. The van der Waals surface area contributed by atoms with E-state index in [9.17, 15) is 4.79 Å². The summed E-state index contributed by atoms with van der Waals surface area (Å²) in [4.78, 5) is 11.6. The summed E-state index contributed by atoms with van der Waals surface area (Å²) < 4.78 is 21.3. The summed E-state index contributed by atoms with van der Waals surface area (Å²) in [6.07, 6.45) is 3.80. The summed E-state index contributed by atoms with van der Waals surface area (Å²) in [6.45, 7) is -0.103. The number of carbonyl (C=O) groups excluding carboxylic acids is 1. The molecule has 0 bridgehead atoms. The van der Waals surface area contributed by atoms with Crippen molar-refractivity contribution < 1.29 is 23.7 Å². The maximum Gasteiger partial charge on any atom is 0.238 e. The molecule has 0 saturated heterocycles. The van der Waals surface area contributed by atoms with Gasteiger partial charge in [0.25, 0.3) is 0 Å². The van der Waals surface area contributed by atoms with Gasteiger partial charge in [-0.3, -0.25) is 4.79 Å². The van der Waals surface area contributed by atoms with E-state index in [-0.39, 0.29) is 12.5 Å². The molecule has 0 aliphatic carbocycles. The first-order valence-electron chi connectivity index (χ1n) is 8.22. The lowest BCUT2D eigenvalue weighted by Gasteiger charge is -2.13. The van der Waals surface area contributed by atoms with Crippen LogP contribution in [0.15, 0.2) is 30.3 Å². The molecule has 7 nitrogen and oxygen atoms in total. The van der Waals surface area contributed by atoms with Crippen molar-refractivity contribution in [3.05, 3.63) is 41.5 Å². The lowest BCUT2D eigenvalue weighted by Crippen LogP contribution is -2.22. The molecule has 1 amide bonds. The van der Waals surface area contributed by atoms with Crippen LogP contribution in [0, 0.1) is 0 Å². The minimum Gasteiger partial charge on any atom is -0.495 e. The Morgan fingerprint density at radius 3 is 2.00 bits per heavy atom. The Morgan fingerprint density at radius 2 is 1.48 bits per heavy atom. The van der Waals surface area contributed by atoms with Gasteiger partial charge in [0, 0.05) is 0 Å². The Morgan fingerprint density at radius 1 is 0.889 bits per heavy atom. The summed E-state index contributed by atoms with van der Waals surface area (Å²) in [6, 6.07) is 9.16. The highest BCUT2D eigenvalue weighted by molar-refractivity contribution is 5.94. The highest BCUT2D eigenvalue weighted by Crippen LogP contribution is 2.38. The number of ether oxygens (including phenoxy) is 4. The van der Waals surface area contributed by atoms with Crippen LogP contribution < -0.4 is 30.0 Å². The summed E-state index contributed by atoms with van der Waals surface area (Å²) in [5.41, 5.74) is 7.66. The van der Waals surface area contributed by atoms with Crippen LogP contribution in [0.2, 0.25) is 0 Å². The topological polar surface area (TPSA) is 92.0 Å². The predicted octanol–water partition coefficient (Wildman–Crippen LogP) is 2.79. The van der Waals surface area contributed by atoms with Crippen molar-refractivity contribution in [2.75, 3.05) is 40.3 Å². The van der Waals surface area contributed by atoms with Crippen LogP contribution in [0.5, 0.6) is 23.0 Å². The molecule has 0 aliphatic heterocycles. The molecule has 144 valence electrons. The molecule has 0 aromatic heterocycles. The fourth-order valence-corrected chi connectivity index (χ4v) is 2.52. The molecule has 0 atom stereocenters. The second kappa shape index (κ2) is 9.49. The minimum absolute atomic E-state index is 0.103. The van der Waals surface area contributed by atoms with Crippen molar-refractivity contribution in [2.45, 2.75) is 0 Å². The molecule has 0 aliphatic rings. The van der Waals surface area contributed by atoms with E-state index in [0.717, 1.165) is 11.1 Å². The number of methoxy groups -OCH3 is 4. The summed E-state index contributed by atoms with van der Waals surface area (Å²) in [5, 5.41) is 2.72. The van der Waals surface area contributed by atoms with Gasteiger partial charge in [-0.15, -0.1) is 0 Å². The standard InChI is InChI=1S/C20H24N2O5/c1-24-16-8-7-13(9-15(16)22-19(23)12-21)5-6-14-10-17(25-2)20(27-4)18(11-14)26-3/h5-11H,12,21H2,1-4H3,(H,22,23)/b6-5-. The van der Waals surface area contributed by atoms with Gasteiger partial charge in [0.2, 0.25) is 11.7 Å². The first-order valence-corrected chi connectivity index (χ1v) is 8.22. The van der Waals surface area contributed by atoms with E-state index < -0.39 is 0 Å². The van der Waals surface area contributed by atoms with Crippen LogP contribution in [-0.4, -0.2) is 40.9 Å². The van der Waals surface area contributed by atoms with Gasteiger partial charge in [-0.05, 0) is 35.4 Å². The van der Waals surface area contributed by atoms with E-state index in [1.165, 1.54) is 0 Å². The predicted molar refractivity (Wildman–Crippen MR) is 106 cm³/mol. The Hall–Kier alpha value is -3.19. The van der Waals surface area contributed by atoms with Gasteiger partial charge >= 0.3 is 0 Å². The Bertz CT molecular complexity index is 808. The number of hydrogen-bond acceptors (Lipinski definition) is 6. The van der Waals surface area contributed by atoms with Gasteiger partial charge in [0.05, 0.1) is 40.7 Å². The van der Waals surface area contributed by atoms with Gasteiger partial charge in [0.1, 0.15) is 5.75 Å². The average molecular weight is 372 g/mol. The molecular formula is C20H24N2O5. The van der Waals surface area contributed by atoms with Crippen LogP contribution in [0.3, 0.4) is 0 Å². The SMILES string of the molecule is COc1ccc(/C=C\c2cc(OC)c(OC)c(OC)c2)cc1NC(=O)CN. The minimum atomic E-state index is -0.293. The van der Waals surface area contributed by atoms with Crippen molar-refractivity contribution >= 4 is 23.7 Å². The average Bonchev–Trinajstić information content (AvgIpc) is 2.71. The molecule has 2 rings (SSSR count). The molecule has 0 unspecified atom stereocenters. The molecule has 7 heteroatoms. The number of nitrogens with two attached hydrogens (primary N) is 1. The number of nitrogens with one attached hydrogen (secondary N) is 1. The second-order valence-electron chi connectivity index (χ2n) is 5.50. The second-order valence-corrected chi connectivity index (χ2v) is 5.50. The fourth-order valence-electron chi connectivity index (χ4n) is 2.52. The lowest BCUT2D eigenvalue weighted by atomic mass is 10.1. The van der Waals surface area contributed by atoms with Crippen molar-refractivity contribution in [2.24, 2.45) is 5.73 Å². The van der Waals surface area contributed by atoms with Crippen LogP contribution in [0.4, 0.5) is 5.69 Å². The normalized spacial score (nSPS) is 10.6. The smallest absolute Gasteiger partial charge is 0.238 e. The van der Waals surface area contributed by atoms with Crippen molar-refractivity contribution in [1.29, 1.82) is 0 Å². The molecule has 0 spiro atoms. The van der Waals surface area contributed by atoms with Gasteiger partial charge in [-0.1, -0.05) is 18.2 Å². The fraction of sp³-hybridized carbons (Fsp3) is 0.250. The molecule has 2 aromatic carbocycles. The molecule has 3 N–H and O–H groups in total. The number of rotatable bonds is 8. The van der Waals surface area contributed by atoms with Gasteiger partial charge in [0.15, 0.2) is 11.5 Å². The van der Waals surface area contributed by atoms with Crippen LogP contribution in [0.1, 0.15) is 11.1 Å². The number of hydrogen-bond donors (Lipinski definition) is 2. The number of amides is 1. The van der Waals surface area contributed by atoms with Gasteiger partial charge in [-0.2, -0.15) is 0 Å². The third kappa shape index (κ3) is 4.92. The zero-order valence-electron chi connectivity index (χ0n) is 15.9. The molecular weight excluding hydrogens is 348 g/mol. The zero-order chi connectivity index (χ0) is 19.8. The maximum atomic E-state index is 11.6. The van der Waals surface area contributed by atoms with Crippen molar-refractivity contribution in [3.63, 3.8) is 0 Å². The largest absolute Gasteiger partial charge is 0.495 e. The van der Waals surface area contributed by atoms with Crippen LogP contribution in [0.25, 0.3) is 12.2 Å². The molecule has 0 saturated carbocycles. The van der Waals surface area contributed by atoms with Gasteiger partial charge in [-0.25, -0.2) is 0 Å². The van der Waals surface area contributed by atoms with Crippen molar-refractivity contribution in [3.8, 4) is 23.0 Å². The van der Waals surface area contributed by atoms with E-state index in [2.05, 4.69) is 5.32 Å². The quantitative estimate of drug-likeness (QED) is 0.693. The highest BCUT2D eigenvalue weighted by Gasteiger charge is 2.12. The number of carbonyl (C=O) groups is 1. The van der Waals surface area contributed by atoms with E-state index in [1.807, 2.05) is 30.4 Å². The number of anilines is 1. The van der Waals surface area contributed by atoms with Crippen LogP contribution >= 0.6 is 0 Å². The first kappa shape index (κ1) is 20.1. The molecule has 2 aromatic rings. The zero-order valence-corrected chi connectivity index (χ0v) is 15.9. The first-order chi connectivity index (χ1) is 13.1. The van der Waals surface area contributed by atoms with E-state index >= 15 is 0 Å². The summed E-state index contributed by atoms with van der Waals surface area (Å²) in [7, 11) is 6.24. The highest BCUT2D eigenvalue weighted by atomic mass is 16.5.